The average Bonchev–Trinajstić information content (AvgIpc) is 2.44. The first-order chi connectivity index (χ1) is 8.93. The van der Waals surface area contributed by atoms with Gasteiger partial charge in [-0.1, -0.05) is 43.0 Å². The zero-order valence-electron chi connectivity index (χ0n) is 9.86. The van der Waals surface area contributed by atoms with E-state index in [0.717, 1.165) is 0 Å². The molecule has 0 unspecified atom stereocenters. The maximum Gasteiger partial charge on any atom is 0 e. The molecule has 1 radical (unpaired) electrons. The molecule has 0 fully saturated rings. The maximum absolute atomic E-state index is 9.75. The van der Waals surface area contributed by atoms with Crippen LogP contribution in [0.2, 0.25) is 0 Å². The second-order valence-corrected chi connectivity index (χ2v) is 2.11. The van der Waals surface area contributed by atoms with Crippen molar-refractivity contribution in [2.75, 3.05) is 0 Å². The minimum absolute atomic E-state index is 0. The van der Waals surface area contributed by atoms with Crippen LogP contribution in [0.5, 0.6) is 0 Å². The Bertz CT molecular complexity index is 343. The summed E-state index contributed by atoms with van der Waals surface area (Å²) < 4.78 is 61.5. The molecule has 3 nitrogen and oxygen atoms in total. The van der Waals surface area contributed by atoms with E-state index in [1.807, 2.05) is 36.4 Å². The van der Waals surface area contributed by atoms with Crippen LogP contribution < -0.4 is 0 Å². The maximum atomic E-state index is 9.75. The summed E-state index contributed by atoms with van der Waals surface area (Å²) in [6.45, 7) is 17.1. The zero-order valence-corrected chi connectivity index (χ0v) is 11.0. The molecule has 0 N–H and O–H groups in total. The molecule has 1 aromatic rings. The molecule has 1 rings (SSSR count). The summed E-state index contributed by atoms with van der Waals surface area (Å²) in [5, 5.41) is 0. The number of rotatable bonds is 1. The van der Waals surface area contributed by atoms with E-state index < -0.39 is 7.25 Å². The van der Waals surface area contributed by atoms with Gasteiger partial charge in [0.25, 0.3) is 0 Å². The third-order valence-corrected chi connectivity index (χ3v) is 1.04. The van der Waals surface area contributed by atoms with Gasteiger partial charge < -0.3 is 17.3 Å². The van der Waals surface area contributed by atoms with Crippen molar-refractivity contribution in [3.05, 3.63) is 62.4 Å². The monoisotopic (exact) mass is 330 g/mol. The van der Waals surface area contributed by atoms with Crippen molar-refractivity contribution in [3.8, 4) is 0 Å². The van der Waals surface area contributed by atoms with Crippen LogP contribution in [0.3, 0.4) is 0 Å². The van der Waals surface area contributed by atoms with Crippen LogP contribution in [0.4, 0.5) is 17.3 Å². The average molecular weight is 330 g/mol. The van der Waals surface area contributed by atoms with Gasteiger partial charge in [-0.2, -0.15) is 0 Å². The third kappa shape index (κ3) is 54.9. The van der Waals surface area contributed by atoms with E-state index in [1.165, 1.54) is 5.56 Å². The van der Waals surface area contributed by atoms with Gasteiger partial charge >= 0.3 is 41.2 Å². The van der Waals surface area contributed by atoms with E-state index in [2.05, 4.69) is 26.5 Å². The second kappa shape index (κ2) is 26.1. The Labute approximate surface area is 124 Å². The summed E-state index contributed by atoms with van der Waals surface area (Å²) in [5.41, 5.74) is 1.17. The normalized spacial score (nSPS) is 6.70. The minimum atomic E-state index is -6.00. The van der Waals surface area contributed by atoms with E-state index in [-0.39, 0.29) is 17.1 Å². The Morgan fingerprint density at radius 1 is 0.850 bits per heavy atom. The Hall–Kier alpha value is -1.52. The predicted octanol–water partition coefficient (Wildman–Crippen LogP) is 3.51. The largest absolute Gasteiger partial charge is 0 e. The van der Waals surface area contributed by atoms with E-state index in [4.69, 9.17) is 14.0 Å². The number of halogens is 4. The number of hydrogen-bond donors (Lipinski definition) is 0. The minimum Gasteiger partial charge on any atom is 0 e. The van der Waals surface area contributed by atoms with Crippen LogP contribution >= 0.6 is 0 Å². The van der Waals surface area contributed by atoms with Crippen molar-refractivity contribution in [2.45, 2.75) is 0 Å². The molecule has 0 aliphatic carbocycles. The molecular weight excluding hydrogens is 322 g/mol. The second-order valence-electron chi connectivity index (χ2n) is 2.11. The van der Waals surface area contributed by atoms with Crippen molar-refractivity contribution >= 4 is 13.3 Å². The van der Waals surface area contributed by atoms with Crippen molar-refractivity contribution in [3.63, 3.8) is 0 Å². The summed E-state index contributed by atoms with van der Waals surface area (Å²) in [5.74, 6) is 0. The topological polar surface area (TPSA) is 59.7 Å². The van der Waals surface area contributed by atoms with E-state index in [9.17, 15) is 17.3 Å². The summed E-state index contributed by atoms with van der Waals surface area (Å²) in [7, 11) is -6.00. The third-order valence-electron chi connectivity index (χ3n) is 1.04. The molecule has 20 heavy (non-hydrogen) atoms. The first-order valence-electron chi connectivity index (χ1n) is 4.09. The zero-order chi connectivity index (χ0) is 16.3. The molecule has 1 aromatic carbocycles. The summed E-state index contributed by atoms with van der Waals surface area (Å²) >= 11 is 0. The molecule has 0 heterocycles. The van der Waals surface area contributed by atoms with Crippen LogP contribution in [0.1, 0.15) is 5.56 Å². The quantitative estimate of drug-likeness (QED) is 0.327. The van der Waals surface area contributed by atoms with Gasteiger partial charge in [0.05, 0.1) is 0 Å². The van der Waals surface area contributed by atoms with Crippen LogP contribution in [-0.2, 0) is 31.0 Å². The molecule has 0 saturated carbocycles. The first kappa shape index (κ1) is 31.1. The Morgan fingerprint density at radius 3 is 1.25 bits per heavy atom. The van der Waals surface area contributed by atoms with Crippen LogP contribution in [0.15, 0.2) is 36.9 Å². The van der Waals surface area contributed by atoms with Crippen molar-refractivity contribution in [1.29, 1.82) is 0 Å². The van der Waals surface area contributed by atoms with Gasteiger partial charge in [0.15, 0.2) is 0 Å². The molecule has 0 saturated heterocycles. The molecule has 0 atom stereocenters. The molecule has 0 aliphatic heterocycles. The predicted molar refractivity (Wildman–Crippen MR) is 58.5 cm³/mol. The van der Waals surface area contributed by atoms with Crippen LogP contribution in [-0.4, -0.2) is 7.25 Å². The molecule has 0 bridgehead atoms. The molecule has 0 aliphatic rings. The van der Waals surface area contributed by atoms with Crippen LogP contribution in [0.25, 0.3) is 6.08 Å². The van der Waals surface area contributed by atoms with Crippen LogP contribution in [0, 0.1) is 20.0 Å². The smallest absolute Gasteiger partial charge is 0 e. The van der Waals surface area contributed by atoms with E-state index >= 15 is 0 Å². The SMILES string of the molecule is C=Cc1ccccc1.F[B-](F)(F)F.[C-]#[O+].[C-]#[O+].[C-]#[O+].[Mn]. The molecule has 109 valence electrons. The summed E-state index contributed by atoms with van der Waals surface area (Å²) in [6.07, 6.45) is 1.83. The molecular formula is C11H8BF4MnO3-. The summed E-state index contributed by atoms with van der Waals surface area (Å²) in [6, 6.07) is 10.0. The van der Waals surface area contributed by atoms with Gasteiger partial charge in [-0.3, -0.25) is 0 Å². The van der Waals surface area contributed by atoms with Gasteiger partial charge in [-0.25, -0.2) is 0 Å². The van der Waals surface area contributed by atoms with Gasteiger partial charge in [-0.15, -0.1) is 0 Å². The number of hydrogen-bond acceptors (Lipinski definition) is 0. The molecule has 0 amide bonds. The van der Waals surface area contributed by atoms with Crippen molar-refractivity contribution < 1.29 is 48.3 Å². The fourth-order valence-corrected chi connectivity index (χ4v) is 0.589. The first-order valence-corrected chi connectivity index (χ1v) is 4.09. The summed E-state index contributed by atoms with van der Waals surface area (Å²) in [4.78, 5) is 0. The van der Waals surface area contributed by atoms with E-state index in [1.54, 1.807) is 0 Å². The standard InChI is InChI=1S/C8H8.3CO.BF4.Mn/c1-2-8-6-4-3-5-7-8;3*1-2;2-1(3,4)5;/h2-7H,1H2;;;;;/q;;;;-1;. The number of benzene rings is 1. The Balaban J connectivity index is -0.0000000550. The van der Waals surface area contributed by atoms with Crippen molar-refractivity contribution in [1.82, 2.24) is 0 Å². The van der Waals surface area contributed by atoms with Gasteiger partial charge in [0.2, 0.25) is 0 Å². The van der Waals surface area contributed by atoms with E-state index in [0.29, 0.717) is 0 Å². The fourth-order valence-electron chi connectivity index (χ4n) is 0.589. The fraction of sp³-hybridized carbons (Fsp3) is 0. The molecule has 0 spiro atoms. The molecule has 0 aromatic heterocycles. The Kier molecular flexibility index (Phi) is 40.6. The van der Waals surface area contributed by atoms with Gasteiger partial charge in [-0.05, 0) is 5.56 Å². The van der Waals surface area contributed by atoms with Gasteiger partial charge in [0.1, 0.15) is 0 Å². The Morgan fingerprint density at radius 2 is 1.10 bits per heavy atom. The van der Waals surface area contributed by atoms with Crippen molar-refractivity contribution in [2.24, 2.45) is 0 Å². The molecule has 9 heteroatoms. The van der Waals surface area contributed by atoms with Gasteiger partial charge in [0, 0.05) is 17.1 Å².